The maximum absolute atomic E-state index is 13.2. The fraction of sp³-hybridized carbons (Fsp3) is 0.367. The summed E-state index contributed by atoms with van der Waals surface area (Å²) in [7, 11) is 0. The average Bonchev–Trinajstić information content (AvgIpc) is 2.86. The van der Waals surface area contributed by atoms with Crippen LogP contribution in [0, 0.1) is 0 Å². The lowest BCUT2D eigenvalue weighted by Gasteiger charge is -2.33. The highest BCUT2D eigenvalue weighted by Crippen LogP contribution is 2.29. The number of nitrogens with zero attached hydrogens (tertiary/aromatic N) is 1. The fourth-order valence-electron chi connectivity index (χ4n) is 4.92. The molecule has 0 atom stereocenters. The summed E-state index contributed by atoms with van der Waals surface area (Å²) in [4.78, 5) is 15.7. The van der Waals surface area contributed by atoms with Gasteiger partial charge in [0.2, 0.25) is 0 Å². The zero-order valence-corrected chi connectivity index (χ0v) is 21.0. The predicted octanol–water partition coefficient (Wildman–Crippen LogP) is 6.96. The first kappa shape index (κ1) is 24.5. The monoisotopic (exact) mass is 474 g/mol. The van der Waals surface area contributed by atoms with Crippen LogP contribution in [0.4, 0.5) is 0 Å². The molecule has 1 heterocycles. The minimum absolute atomic E-state index is 0.0376. The molecule has 3 aromatic rings. The number of benzene rings is 3. The number of amides is 1. The van der Waals surface area contributed by atoms with Crippen molar-refractivity contribution in [1.29, 1.82) is 0 Å². The summed E-state index contributed by atoms with van der Waals surface area (Å²) < 4.78 is 0. The van der Waals surface area contributed by atoms with Gasteiger partial charge in [-0.25, -0.2) is 0 Å². The molecule has 1 N–H and O–H groups in total. The van der Waals surface area contributed by atoms with Crippen LogP contribution in [0.25, 0.3) is 11.1 Å². The lowest BCUT2D eigenvalue weighted by molar-refractivity contribution is 0.0910. The molecule has 0 radical (unpaired) electrons. The van der Waals surface area contributed by atoms with Crippen molar-refractivity contribution < 1.29 is 4.79 Å². The molecule has 3 nitrogen and oxygen atoms in total. The molecule has 3 aromatic carbocycles. The van der Waals surface area contributed by atoms with E-state index in [1.54, 1.807) is 6.07 Å². The Bertz CT molecular complexity index is 1070. The lowest BCUT2D eigenvalue weighted by atomic mass is 9.80. The van der Waals surface area contributed by atoms with Crippen LogP contribution in [-0.2, 0) is 5.41 Å². The second kappa shape index (κ2) is 11.2. The number of carbonyl (C=O) groups is 1. The van der Waals surface area contributed by atoms with Crippen molar-refractivity contribution in [2.24, 2.45) is 0 Å². The van der Waals surface area contributed by atoms with Crippen molar-refractivity contribution in [2.45, 2.75) is 51.0 Å². The summed E-state index contributed by atoms with van der Waals surface area (Å²) in [5.41, 5.74) is 4.19. The Balaban J connectivity index is 1.28. The summed E-state index contributed by atoms with van der Waals surface area (Å²) in [5.74, 6) is -0.0376. The second-order valence-electron chi connectivity index (χ2n) is 10.00. The second-order valence-corrected chi connectivity index (χ2v) is 10.4. The highest BCUT2D eigenvalue weighted by atomic mass is 35.5. The van der Waals surface area contributed by atoms with E-state index in [2.05, 4.69) is 54.4 Å². The average molecular weight is 475 g/mol. The summed E-state index contributed by atoms with van der Waals surface area (Å²) in [6.45, 7) is 7.84. The van der Waals surface area contributed by atoms with E-state index in [1.165, 1.54) is 18.4 Å². The molecule has 0 saturated carbocycles. The van der Waals surface area contributed by atoms with Crippen LogP contribution in [0.5, 0.6) is 0 Å². The number of rotatable bonds is 8. The number of nitrogens with one attached hydrogen (secondary N) is 1. The maximum Gasteiger partial charge on any atom is 0.252 e. The van der Waals surface area contributed by atoms with Crippen LogP contribution >= 0.6 is 11.6 Å². The van der Waals surface area contributed by atoms with Gasteiger partial charge < -0.3 is 10.2 Å². The number of hydrogen-bond donors (Lipinski definition) is 1. The Morgan fingerprint density at radius 1 is 0.971 bits per heavy atom. The van der Waals surface area contributed by atoms with Crippen LogP contribution in [0.1, 0.15) is 55.5 Å². The van der Waals surface area contributed by atoms with Crippen molar-refractivity contribution >= 4 is 17.5 Å². The van der Waals surface area contributed by atoms with Gasteiger partial charge in [0.1, 0.15) is 0 Å². The zero-order valence-electron chi connectivity index (χ0n) is 20.3. The van der Waals surface area contributed by atoms with Crippen LogP contribution in [0.15, 0.2) is 78.9 Å². The van der Waals surface area contributed by atoms with Gasteiger partial charge in [-0.3, -0.25) is 4.79 Å². The summed E-state index contributed by atoms with van der Waals surface area (Å²) in [5, 5.41) is 3.85. The Morgan fingerprint density at radius 2 is 1.62 bits per heavy atom. The van der Waals surface area contributed by atoms with Crippen molar-refractivity contribution in [3.05, 3.63) is 95.0 Å². The standard InChI is InChI=1S/C30H35ClN2O/c1-30(2,24-12-7-4-8-13-24)18-9-19-33-20-16-26(17-21-33)32-29(34)28-22-25(31)14-15-27(28)23-10-5-3-6-11-23/h3-8,10-15,22,26H,9,16-21H2,1-2H3,(H,32,34). The van der Waals surface area contributed by atoms with Crippen LogP contribution in [0.2, 0.25) is 5.02 Å². The van der Waals surface area contributed by atoms with Gasteiger partial charge in [-0.2, -0.15) is 0 Å². The molecule has 0 aromatic heterocycles. The van der Waals surface area contributed by atoms with Gasteiger partial charge in [0, 0.05) is 29.7 Å². The largest absolute Gasteiger partial charge is 0.349 e. The fourth-order valence-corrected chi connectivity index (χ4v) is 5.09. The van der Waals surface area contributed by atoms with Crippen LogP contribution in [-0.4, -0.2) is 36.5 Å². The summed E-state index contributed by atoms with van der Waals surface area (Å²) >= 11 is 6.24. The van der Waals surface area contributed by atoms with Gasteiger partial charge in [0.25, 0.3) is 5.91 Å². The molecular weight excluding hydrogens is 440 g/mol. The molecule has 4 rings (SSSR count). The maximum atomic E-state index is 13.2. The third-order valence-corrected chi connectivity index (χ3v) is 7.30. The van der Waals surface area contributed by atoms with Gasteiger partial charge in [-0.05, 0) is 66.5 Å². The normalized spacial score (nSPS) is 15.3. The van der Waals surface area contributed by atoms with Crippen molar-refractivity contribution in [3.8, 4) is 11.1 Å². The van der Waals surface area contributed by atoms with Gasteiger partial charge >= 0.3 is 0 Å². The predicted molar refractivity (Wildman–Crippen MR) is 143 cm³/mol. The molecule has 1 aliphatic heterocycles. The molecule has 0 unspecified atom stereocenters. The highest BCUT2D eigenvalue weighted by molar-refractivity contribution is 6.31. The smallest absolute Gasteiger partial charge is 0.252 e. The third-order valence-electron chi connectivity index (χ3n) is 7.07. The van der Waals surface area contributed by atoms with Crippen molar-refractivity contribution in [1.82, 2.24) is 10.2 Å². The van der Waals surface area contributed by atoms with Gasteiger partial charge in [-0.15, -0.1) is 0 Å². The topological polar surface area (TPSA) is 32.3 Å². The highest BCUT2D eigenvalue weighted by Gasteiger charge is 2.24. The molecule has 4 heteroatoms. The first-order chi connectivity index (χ1) is 16.4. The Hall–Kier alpha value is -2.62. The number of likely N-dealkylation sites (tertiary alicyclic amines) is 1. The van der Waals surface area contributed by atoms with E-state index in [-0.39, 0.29) is 17.4 Å². The first-order valence-electron chi connectivity index (χ1n) is 12.4. The van der Waals surface area contributed by atoms with Crippen molar-refractivity contribution in [2.75, 3.05) is 19.6 Å². The zero-order chi connectivity index (χ0) is 24.0. The van der Waals surface area contributed by atoms with Gasteiger partial charge in [-0.1, -0.05) is 92.2 Å². The molecule has 1 saturated heterocycles. The number of piperidine rings is 1. The Labute approximate surface area is 209 Å². The van der Waals surface area contributed by atoms with E-state index in [0.29, 0.717) is 10.6 Å². The molecule has 0 bridgehead atoms. The van der Waals surface area contributed by atoms with E-state index in [4.69, 9.17) is 11.6 Å². The molecule has 0 spiro atoms. The number of carbonyl (C=O) groups excluding carboxylic acids is 1. The Kier molecular flexibility index (Phi) is 8.07. The van der Waals surface area contributed by atoms with Crippen LogP contribution in [0.3, 0.4) is 0 Å². The van der Waals surface area contributed by atoms with Crippen molar-refractivity contribution in [3.63, 3.8) is 0 Å². The van der Waals surface area contributed by atoms with E-state index in [0.717, 1.165) is 43.6 Å². The Morgan fingerprint density at radius 3 is 2.29 bits per heavy atom. The lowest BCUT2D eigenvalue weighted by Crippen LogP contribution is -2.45. The minimum atomic E-state index is -0.0376. The van der Waals surface area contributed by atoms with E-state index in [1.807, 2.05) is 42.5 Å². The third kappa shape index (κ3) is 6.28. The molecule has 178 valence electrons. The SMILES string of the molecule is CC(C)(CCCN1CCC(NC(=O)c2cc(Cl)ccc2-c2ccccc2)CC1)c1ccccc1. The van der Waals surface area contributed by atoms with E-state index >= 15 is 0 Å². The first-order valence-corrected chi connectivity index (χ1v) is 12.7. The summed E-state index contributed by atoms with van der Waals surface area (Å²) in [6, 6.07) is 26.6. The van der Waals surface area contributed by atoms with Gasteiger partial charge in [0.15, 0.2) is 0 Å². The van der Waals surface area contributed by atoms with Gasteiger partial charge in [0.05, 0.1) is 0 Å². The minimum Gasteiger partial charge on any atom is -0.349 e. The molecule has 1 fully saturated rings. The van der Waals surface area contributed by atoms with E-state index < -0.39 is 0 Å². The molecule has 34 heavy (non-hydrogen) atoms. The molecule has 0 aliphatic carbocycles. The molecular formula is C30H35ClN2O. The molecule has 1 amide bonds. The summed E-state index contributed by atoms with van der Waals surface area (Å²) in [6.07, 6.45) is 4.32. The number of hydrogen-bond acceptors (Lipinski definition) is 2. The van der Waals surface area contributed by atoms with E-state index in [9.17, 15) is 4.79 Å². The quantitative estimate of drug-likeness (QED) is 0.382. The molecule has 1 aliphatic rings. The number of halogens is 1. The van der Waals surface area contributed by atoms with Crippen LogP contribution < -0.4 is 5.32 Å².